The number of urea groups is 1. The first-order valence-corrected chi connectivity index (χ1v) is 6.78. The van der Waals surface area contributed by atoms with Gasteiger partial charge in [-0.15, -0.1) is 0 Å². The molecule has 0 saturated carbocycles. The summed E-state index contributed by atoms with van der Waals surface area (Å²) in [7, 11) is 1.73. The van der Waals surface area contributed by atoms with Crippen LogP contribution in [-0.4, -0.2) is 35.7 Å². The average molecular weight is 285 g/mol. The van der Waals surface area contributed by atoms with Gasteiger partial charge in [-0.2, -0.15) is 0 Å². The highest BCUT2D eigenvalue weighted by atomic mass is 35.5. The lowest BCUT2D eigenvalue weighted by Gasteiger charge is -2.21. The minimum absolute atomic E-state index is 0.0494. The number of carbonyl (C=O) groups is 1. The fourth-order valence-corrected chi connectivity index (χ4v) is 1.94. The van der Waals surface area contributed by atoms with E-state index in [0.29, 0.717) is 18.0 Å². The van der Waals surface area contributed by atoms with Gasteiger partial charge in [-0.05, 0) is 31.4 Å². The van der Waals surface area contributed by atoms with Gasteiger partial charge in [-0.1, -0.05) is 29.8 Å². The molecule has 2 N–H and O–H groups in total. The van der Waals surface area contributed by atoms with Crippen molar-refractivity contribution in [1.82, 2.24) is 10.2 Å². The molecule has 1 aromatic rings. The highest BCUT2D eigenvalue weighted by molar-refractivity contribution is 6.31. The summed E-state index contributed by atoms with van der Waals surface area (Å²) in [6, 6.07) is 7.40. The van der Waals surface area contributed by atoms with Gasteiger partial charge in [0.25, 0.3) is 0 Å². The summed E-state index contributed by atoms with van der Waals surface area (Å²) in [4.78, 5) is 13.5. The van der Waals surface area contributed by atoms with Crippen molar-refractivity contribution in [2.75, 3.05) is 13.7 Å². The fourth-order valence-electron chi connectivity index (χ4n) is 1.74. The summed E-state index contributed by atoms with van der Waals surface area (Å²) < 4.78 is 0. The van der Waals surface area contributed by atoms with Gasteiger partial charge in [0.15, 0.2) is 0 Å². The van der Waals surface area contributed by atoms with Crippen molar-refractivity contribution in [2.45, 2.75) is 32.4 Å². The molecule has 1 unspecified atom stereocenters. The Morgan fingerprint density at radius 1 is 1.47 bits per heavy atom. The lowest BCUT2D eigenvalue weighted by molar-refractivity contribution is 0.201. The number of amides is 2. The summed E-state index contributed by atoms with van der Waals surface area (Å²) in [6.07, 6.45) is 1.46. The number of aliphatic hydroxyl groups excluding tert-OH is 1. The minimum Gasteiger partial charge on any atom is -0.396 e. The van der Waals surface area contributed by atoms with Crippen LogP contribution in [0.1, 0.15) is 25.3 Å². The van der Waals surface area contributed by atoms with Gasteiger partial charge in [-0.3, -0.25) is 0 Å². The van der Waals surface area contributed by atoms with Crippen LogP contribution >= 0.6 is 11.6 Å². The number of hydrogen-bond donors (Lipinski definition) is 2. The molecule has 0 aliphatic rings. The van der Waals surface area contributed by atoms with E-state index < -0.39 is 0 Å². The van der Waals surface area contributed by atoms with Gasteiger partial charge >= 0.3 is 6.03 Å². The third kappa shape index (κ3) is 5.49. The van der Waals surface area contributed by atoms with Crippen molar-refractivity contribution < 1.29 is 9.90 Å². The van der Waals surface area contributed by atoms with E-state index in [-0.39, 0.29) is 18.7 Å². The molecule has 4 nitrogen and oxygen atoms in total. The molecule has 0 bridgehead atoms. The molecule has 1 atom stereocenters. The molecule has 0 saturated heterocycles. The molecule has 19 heavy (non-hydrogen) atoms. The second kappa shape index (κ2) is 8.02. The van der Waals surface area contributed by atoms with Gasteiger partial charge < -0.3 is 15.3 Å². The zero-order valence-corrected chi connectivity index (χ0v) is 12.2. The van der Waals surface area contributed by atoms with Crippen LogP contribution in [0.25, 0.3) is 0 Å². The van der Waals surface area contributed by atoms with Crippen molar-refractivity contribution >= 4 is 17.6 Å². The van der Waals surface area contributed by atoms with Gasteiger partial charge in [0.2, 0.25) is 0 Å². The topological polar surface area (TPSA) is 52.6 Å². The third-order valence-corrected chi connectivity index (χ3v) is 3.25. The van der Waals surface area contributed by atoms with Crippen LogP contribution in [0.4, 0.5) is 4.79 Å². The number of rotatable bonds is 6. The van der Waals surface area contributed by atoms with Gasteiger partial charge in [0.05, 0.1) is 0 Å². The zero-order chi connectivity index (χ0) is 14.3. The summed E-state index contributed by atoms with van der Waals surface area (Å²) in [5.74, 6) is 0. The van der Waals surface area contributed by atoms with Crippen molar-refractivity contribution in [3.8, 4) is 0 Å². The minimum atomic E-state index is -0.134. The van der Waals surface area contributed by atoms with Crippen LogP contribution in [0.3, 0.4) is 0 Å². The number of benzene rings is 1. The van der Waals surface area contributed by atoms with E-state index in [1.807, 2.05) is 31.2 Å². The summed E-state index contributed by atoms with van der Waals surface area (Å²) >= 11 is 6.06. The first-order valence-electron chi connectivity index (χ1n) is 6.40. The molecule has 106 valence electrons. The monoisotopic (exact) mass is 284 g/mol. The number of carbonyl (C=O) groups excluding carboxylic acids is 1. The molecular formula is C14H21ClN2O2. The molecule has 5 heteroatoms. The van der Waals surface area contributed by atoms with Crippen molar-refractivity contribution in [1.29, 1.82) is 0 Å². The number of hydrogen-bond acceptors (Lipinski definition) is 2. The Kier molecular flexibility index (Phi) is 6.67. The van der Waals surface area contributed by atoms with E-state index in [1.54, 1.807) is 11.9 Å². The zero-order valence-electron chi connectivity index (χ0n) is 11.4. The Morgan fingerprint density at radius 2 is 2.16 bits per heavy atom. The number of nitrogens with zero attached hydrogens (tertiary/aromatic N) is 1. The van der Waals surface area contributed by atoms with Crippen molar-refractivity contribution in [2.24, 2.45) is 0 Å². The molecule has 0 heterocycles. The maximum absolute atomic E-state index is 11.9. The summed E-state index contributed by atoms with van der Waals surface area (Å²) in [5, 5.41) is 12.3. The molecule has 2 amide bonds. The molecule has 0 aliphatic heterocycles. The maximum atomic E-state index is 11.9. The molecular weight excluding hydrogens is 264 g/mol. The van der Waals surface area contributed by atoms with E-state index in [1.165, 1.54) is 0 Å². The van der Waals surface area contributed by atoms with Gasteiger partial charge in [0, 0.05) is 31.3 Å². The van der Waals surface area contributed by atoms with E-state index in [2.05, 4.69) is 5.32 Å². The normalized spacial score (nSPS) is 12.0. The lowest BCUT2D eigenvalue weighted by atomic mass is 10.2. The van der Waals surface area contributed by atoms with Crippen LogP contribution in [0.5, 0.6) is 0 Å². The van der Waals surface area contributed by atoms with Crippen LogP contribution in [0.15, 0.2) is 24.3 Å². The van der Waals surface area contributed by atoms with Crippen molar-refractivity contribution in [3.63, 3.8) is 0 Å². The highest BCUT2D eigenvalue weighted by Gasteiger charge is 2.13. The molecule has 0 aliphatic carbocycles. The SMILES string of the molecule is CC(CCCO)NC(=O)N(C)Cc1ccccc1Cl. The van der Waals surface area contributed by atoms with E-state index in [0.717, 1.165) is 12.0 Å². The molecule has 0 spiro atoms. The predicted octanol–water partition coefficient (Wildman–Crippen LogP) is 2.64. The van der Waals surface area contributed by atoms with E-state index >= 15 is 0 Å². The maximum Gasteiger partial charge on any atom is 0.317 e. The molecule has 0 fully saturated rings. The van der Waals surface area contributed by atoms with Crippen LogP contribution < -0.4 is 5.32 Å². The molecule has 0 radical (unpaired) electrons. The lowest BCUT2D eigenvalue weighted by Crippen LogP contribution is -2.41. The molecule has 0 aromatic heterocycles. The number of nitrogens with one attached hydrogen (secondary N) is 1. The Bertz CT molecular complexity index is 412. The highest BCUT2D eigenvalue weighted by Crippen LogP contribution is 2.16. The van der Waals surface area contributed by atoms with Crippen LogP contribution in [-0.2, 0) is 6.54 Å². The predicted molar refractivity (Wildman–Crippen MR) is 77.2 cm³/mol. The van der Waals surface area contributed by atoms with Crippen molar-refractivity contribution in [3.05, 3.63) is 34.9 Å². The van der Waals surface area contributed by atoms with E-state index in [9.17, 15) is 4.79 Å². The second-order valence-electron chi connectivity index (χ2n) is 4.66. The van der Waals surface area contributed by atoms with Gasteiger partial charge in [-0.25, -0.2) is 4.79 Å². The largest absolute Gasteiger partial charge is 0.396 e. The Hall–Kier alpha value is -1.26. The second-order valence-corrected chi connectivity index (χ2v) is 5.07. The third-order valence-electron chi connectivity index (χ3n) is 2.88. The smallest absolute Gasteiger partial charge is 0.317 e. The average Bonchev–Trinajstić information content (AvgIpc) is 2.38. The molecule has 1 rings (SSSR count). The number of aliphatic hydroxyl groups is 1. The number of halogens is 1. The van der Waals surface area contributed by atoms with Crippen LogP contribution in [0, 0.1) is 0 Å². The Labute approximate surface area is 119 Å². The summed E-state index contributed by atoms with van der Waals surface area (Å²) in [6.45, 7) is 2.55. The summed E-state index contributed by atoms with van der Waals surface area (Å²) in [5.41, 5.74) is 0.921. The molecule has 1 aromatic carbocycles. The quantitative estimate of drug-likeness (QED) is 0.844. The standard InChI is InChI=1S/C14H21ClN2O2/c1-11(6-5-9-18)16-14(19)17(2)10-12-7-3-4-8-13(12)15/h3-4,7-8,11,18H,5-6,9-10H2,1-2H3,(H,16,19). The van der Waals surface area contributed by atoms with E-state index in [4.69, 9.17) is 16.7 Å². The first kappa shape index (κ1) is 15.8. The van der Waals surface area contributed by atoms with Gasteiger partial charge in [0.1, 0.15) is 0 Å². The fraction of sp³-hybridized carbons (Fsp3) is 0.500. The Balaban J connectivity index is 2.47. The van der Waals surface area contributed by atoms with Crippen LogP contribution in [0.2, 0.25) is 5.02 Å². The first-order chi connectivity index (χ1) is 9.04. The Morgan fingerprint density at radius 3 is 2.79 bits per heavy atom.